The summed E-state index contributed by atoms with van der Waals surface area (Å²) in [5.74, 6) is 6.57. The molecule has 2 rings (SSSR count). The van der Waals surface area contributed by atoms with Crippen LogP contribution in [0.4, 0.5) is 0 Å². The predicted molar refractivity (Wildman–Crippen MR) is 86.9 cm³/mol. The van der Waals surface area contributed by atoms with Gasteiger partial charge in [0.25, 0.3) is 0 Å². The number of halogens is 2. The summed E-state index contributed by atoms with van der Waals surface area (Å²) in [4.78, 5) is 0. The standard InChI is InChI=1S/C16H24Cl2N2/c1-11(2)10-16(7-3-4-8-16)15(20-19)12-5-6-13(17)14(18)9-12/h5-6,9,11,15,20H,3-4,7-8,10,19H2,1-2H3. The average Bonchev–Trinajstić information content (AvgIpc) is 2.83. The van der Waals surface area contributed by atoms with Gasteiger partial charge in [0.2, 0.25) is 0 Å². The molecule has 2 nitrogen and oxygen atoms in total. The molecule has 0 aromatic heterocycles. The highest BCUT2D eigenvalue weighted by Crippen LogP contribution is 2.51. The highest BCUT2D eigenvalue weighted by atomic mass is 35.5. The van der Waals surface area contributed by atoms with Gasteiger partial charge in [-0.2, -0.15) is 0 Å². The van der Waals surface area contributed by atoms with Crippen molar-refractivity contribution in [1.82, 2.24) is 5.43 Å². The lowest BCUT2D eigenvalue weighted by Gasteiger charge is -2.39. The molecule has 0 saturated heterocycles. The fourth-order valence-electron chi connectivity index (χ4n) is 3.82. The van der Waals surface area contributed by atoms with Crippen LogP contribution in [-0.2, 0) is 0 Å². The third-order valence-electron chi connectivity index (χ3n) is 4.47. The molecule has 20 heavy (non-hydrogen) atoms. The first-order valence-corrected chi connectivity index (χ1v) is 8.15. The van der Waals surface area contributed by atoms with E-state index in [0.717, 1.165) is 5.56 Å². The van der Waals surface area contributed by atoms with E-state index in [2.05, 4.69) is 19.3 Å². The Hall–Kier alpha value is -0.280. The lowest BCUT2D eigenvalue weighted by atomic mass is 9.70. The molecule has 1 unspecified atom stereocenters. The molecule has 4 heteroatoms. The van der Waals surface area contributed by atoms with Crippen LogP contribution in [0.5, 0.6) is 0 Å². The van der Waals surface area contributed by atoms with E-state index in [4.69, 9.17) is 29.0 Å². The number of hydrogen-bond donors (Lipinski definition) is 2. The van der Waals surface area contributed by atoms with Crippen molar-refractivity contribution in [2.24, 2.45) is 17.2 Å². The van der Waals surface area contributed by atoms with Crippen molar-refractivity contribution in [3.8, 4) is 0 Å². The summed E-state index contributed by atoms with van der Waals surface area (Å²) in [5, 5.41) is 1.19. The van der Waals surface area contributed by atoms with E-state index in [9.17, 15) is 0 Å². The Morgan fingerprint density at radius 2 is 1.85 bits per heavy atom. The number of nitrogens with two attached hydrogens (primary N) is 1. The zero-order chi connectivity index (χ0) is 14.8. The normalized spacial score (nSPS) is 19.5. The van der Waals surface area contributed by atoms with Crippen LogP contribution in [0.1, 0.15) is 57.6 Å². The largest absolute Gasteiger partial charge is 0.271 e. The minimum atomic E-state index is 0.141. The van der Waals surface area contributed by atoms with E-state index in [-0.39, 0.29) is 11.5 Å². The maximum absolute atomic E-state index is 6.17. The Morgan fingerprint density at radius 3 is 2.35 bits per heavy atom. The van der Waals surface area contributed by atoms with Gasteiger partial charge < -0.3 is 0 Å². The summed E-state index contributed by atoms with van der Waals surface area (Å²) in [6, 6.07) is 6.00. The molecular formula is C16H24Cl2N2. The minimum absolute atomic E-state index is 0.141. The Labute approximate surface area is 132 Å². The second-order valence-electron chi connectivity index (χ2n) is 6.44. The molecule has 1 fully saturated rings. The van der Waals surface area contributed by atoms with Gasteiger partial charge in [-0.1, -0.05) is 56.0 Å². The number of nitrogens with one attached hydrogen (secondary N) is 1. The summed E-state index contributed by atoms with van der Waals surface area (Å²) >= 11 is 12.2. The predicted octanol–water partition coefficient (Wildman–Crippen LogP) is 5.10. The molecule has 1 aromatic rings. The van der Waals surface area contributed by atoms with Crippen LogP contribution in [0, 0.1) is 11.3 Å². The van der Waals surface area contributed by atoms with E-state index in [0.29, 0.717) is 16.0 Å². The zero-order valence-corrected chi connectivity index (χ0v) is 13.8. The van der Waals surface area contributed by atoms with Crippen molar-refractivity contribution in [1.29, 1.82) is 0 Å². The van der Waals surface area contributed by atoms with Crippen molar-refractivity contribution in [2.45, 2.75) is 52.0 Å². The Bertz CT molecular complexity index is 454. The molecule has 0 spiro atoms. The maximum atomic E-state index is 6.17. The molecule has 1 aromatic carbocycles. The van der Waals surface area contributed by atoms with Crippen molar-refractivity contribution in [2.75, 3.05) is 0 Å². The van der Waals surface area contributed by atoms with Gasteiger partial charge in [-0.05, 0) is 48.3 Å². The van der Waals surface area contributed by atoms with Crippen LogP contribution in [0.2, 0.25) is 10.0 Å². The van der Waals surface area contributed by atoms with Crippen molar-refractivity contribution in [3.63, 3.8) is 0 Å². The fraction of sp³-hybridized carbons (Fsp3) is 0.625. The molecule has 1 aliphatic rings. The van der Waals surface area contributed by atoms with Crippen molar-refractivity contribution < 1.29 is 0 Å². The lowest BCUT2D eigenvalue weighted by molar-refractivity contribution is 0.156. The molecule has 1 saturated carbocycles. The average molecular weight is 315 g/mol. The monoisotopic (exact) mass is 314 g/mol. The lowest BCUT2D eigenvalue weighted by Crippen LogP contribution is -2.41. The van der Waals surface area contributed by atoms with Gasteiger partial charge in [0.1, 0.15) is 0 Å². The number of rotatable bonds is 5. The van der Waals surface area contributed by atoms with Crippen LogP contribution < -0.4 is 11.3 Å². The topological polar surface area (TPSA) is 38.0 Å². The molecule has 0 radical (unpaired) electrons. The van der Waals surface area contributed by atoms with Crippen LogP contribution in [0.25, 0.3) is 0 Å². The summed E-state index contributed by atoms with van der Waals surface area (Å²) < 4.78 is 0. The van der Waals surface area contributed by atoms with E-state index in [1.807, 2.05) is 18.2 Å². The first-order valence-electron chi connectivity index (χ1n) is 7.39. The van der Waals surface area contributed by atoms with Gasteiger partial charge >= 0.3 is 0 Å². The third-order valence-corrected chi connectivity index (χ3v) is 5.21. The smallest absolute Gasteiger partial charge is 0.0595 e. The Kier molecular flexibility index (Phi) is 5.36. The van der Waals surface area contributed by atoms with Crippen LogP contribution >= 0.6 is 23.2 Å². The summed E-state index contributed by atoms with van der Waals surface area (Å²) in [6.45, 7) is 4.56. The second-order valence-corrected chi connectivity index (χ2v) is 7.26. The summed E-state index contributed by atoms with van der Waals surface area (Å²) in [7, 11) is 0. The van der Waals surface area contributed by atoms with Gasteiger partial charge in [0.15, 0.2) is 0 Å². The summed E-state index contributed by atoms with van der Waals surface area (Å²) in [5.41, 5.74) is 4.43. The van der Waals surface area contributed by atoms with E-state index < -0.39 is 0 Å². The van der Waals surface area contributed by atoms with Crippen LogP contribution in [-0.4, -0.2) is 0 Å². The Morgan fingerprint density at radius 1 is 1.20 bits per heavy atom. The SMILES string of the molecule is CC(C)CC1(C(NN)c2ccc(Cl)c(Cl)c2)CCCC1. The molecular weight excluding hydrogens is 291 g/mol. The van der Waals surface area contributed by atoms with Crippen molar-refractivity contribution >= 4 is 23.2 Å². The minimum Gasteiger partial charge on any atom is -0.271 e. The van der Waals surface area contributed by atoms with Gasteiger partial charge in [-0.3, -0.25) is 11.3 Å². The Balaban J connectivity index is 2.35. The van der Waals surface area contributed by atoms with Crippen LogP contribution in [0.3, 0.4) is 0 Å². The van der Waals surface area contributed by atoms with Gasteiger partial charge in [0, 0.05) is 0 Å². The van der Waals surface area contributed by atoms with Crippen molar-refractivity contribution in [3.05, 3.63) is 33.8 Å². The summed E-state index contributed by atoms with van der Waals surface area (Å²) in [6.07, 6.45) is 6.20. The number of hydrogen-bond acceptors (Lipinski definition) is 2. The number of hydrazine groups is 1. The van der Waals surface area contributed by atoms with Gasteiger partial charge in [0.05, 0.1) is 16.1 Å². The highest BCUT2D eigenvalue weighted by Gasteiger charge is 2.42. The molecule has 0 amide bonds. The quantitative estimate of drug-likeness (QED) is 0.586. The van der Waals surface area contributed by atoms with Gasteiger partial charge in [-0.15, -0.1) is 0 Å². The molecule has 0 aliphatic heterocycles. The molecule has 1 aliphatic carbocycles. The van der Waals surface area contributed by atoms with Gasteiger partial charge in [-0.25, -0.2) is 0 Å². The first-order chi connectivity index (χ1) is 9.48. The first kappa shape index (κ1) is 16.1. The van der Waals surface area contributed by atoms with E-state index in [1.54, 1.807) is 0 Å². The fourth-order valence-corrected chi connectivity index (χ4v) is 4.13. The zero-order valence-electron chi connectivity index (χ0n) is 12.3. The number of benzene rings is 1. The molecule has 1 atom stereocenters. The molecule has 112 valence electrons. The third kappa shape index (κ3) is 3.30. The maximum Gasteiger partial charge on any atom is 0.0595 e. The molecule has 3 N–H and O–H groups in total. The highest BCUT2D eigenvalue weighted by molar-refractivity contribution is 6.42. The molecule has 0 bridgehead atoms. The second kappa shape index (κ2) is 6.65. The molecule has 0 heterocycles. The van der Waals surface area contributed by atoms with E-state index >= 15 is 0 Å². The van der Waals surface area contributed by atoms with E-state index in [1.165, 1.54) is 32.1 Å². The van der Waals surface area contributed by atoms with Crippen LogP contribution in [0.15, 0.2) is 18.2 Å².